The van der Waals surface area contributed by atoms with Crippen molar-refractivity contribution in [1.82, 2.24) is 0 Å². The largest absolute Gasteiger partial charge is 0.292 e. The fraction of sp³-hybridized carbons (Fsp3) is 0.276. The number of hydrogen-bond donors (Lipinski definition) is 0. The van der Waals surface area contributed by atoms with Gasteiger partial charge in [-0.1, -0.05) is 108 Å². The Hall–Kier alpha value is -2.71. The second kappa shape index (κ2) is 9.61. The van der Waals surface area contributed by atoms with Crippen molar-refractivity contribution in [3.05, 3.63) is 101 Å². The predicted octanol–water partition coefficient (Wildman–Crippen LogP) is 7.24. The highest BCUT2D eigenvalue weighted by molar-refractivity contribution is 7.07. The Kier molecular flexibility index (Phi) is 7.12. The van der Waals surface area contributed by atoms with Gasteiger partial charge in [0.05, 0.1) is 5.54 Å². The zero-order valence-corrected chi connectivity index (χ0v) is 20.8. The lowest BCUT2D eigenvalue weighted by atomic mass is 10.1. The Morgan fingerprint density at radius 2 is 1.35 bits per heavy atom. The van der Waals surface area contributed by atoms with Crippen LogP contribution in [0.3, 0.4) is 0 Å². The first kappa shape index (κ1) is 23.0. The van der Waals surface area contributed by atoms with E-state index in [2.05, 4.69) is 132 Å². The fourth-order valence-electron chi connectivity index (χ4n) is 3.82. The van der Waals surface area contributed by atoms with Crippen molar-refractivity contribution in [2.75, 3.05) is 0 Å². The topological polar surface area (TPSA) is 12.4 Å². The molecule has 0 heterocycles. The monoisotopic (exact) mass is 425 g/mol. The van der Waals surface area contributed by atoms with E-state index in [9.17, 15) is 0 Å². The van der Waals surface area contributed by atoms with Gasteiger partial charge in [0, 0.05) is 0 Å². The Morgan fingerprint density at radius 1 is 0.806 bits per heavy atom. The van der Waals surface area contributed by atoms with E-state index >= 15 is 0 Å². The SMILES string of the molecule is Cc1ccc(/C=C(\c2ccc(C)cc2)[Si](C)(CC=NC(C)(C)C)c2ccccc2)cc1. The minimum atomic E-state index is -2.10. The molecule has 3 aromatic rings. The van der Waals surface area contributed by atoms with Crippen LogP contribution >= 0.6 is 0 Å². The average Bonchev–Trinajstić information content (AvgIpc) is 2.74. The van der Waals surface area contributed by atoms with Crippen LogP contribution in [-0.4, -0.2) is 19.8 Å². The highest BCUT2D eigenvalue weighted by Crippen LogP contribution is 2.31. The van der Waals surface area contributed by atoms with Crippen LogP contribution in [0.1, 0.15) is 43.0 Å². The van der Waals surface area contributed by atoms with Gasteiger partial charge in [0.15, 0.2) is 0 Å². The number of aliphatic imine (C=N–C) groups is 1. The molecular weight excluding hydrogens is 390 g/mol. The van der Waals surface area contributed by atoms with Crippen molar-refractivity contribution in [1.29, 1.82) is 0 Å². The van der Waals surface area contributed by atoms with Crippen molar-refractivity contribution in [3.8, 4) is 0 Å². The Balaban J connectivity index is 2.20. The smallest absolute Gasteiger partial charge is 0.121 e. The van der Waals surface area contributed by atoms with Gasteiger partial charge < -0.3 is 0 Å². The number of rotatable bonds is 6. The molecule has 0 bridgehead atoms. The van der Waals surface area contributed by atoms with Crippen molar-refractivity contribution in [2.24, 2.45) is 4.99 Å². The zero-order valence-electron chi connectivity index (χ0n) is 19.8. The molecule has 3 rings (SSSR count). The molecule has 0 aliphatic rings. The summed E-state index contributed by atoms with van der Waals surface area (Å²) < 4.78 is 0. The van der Waals surface area contributed by atoms with Crippen molar-refractivity contribution in [3.63, 3.8) is 0 Å². The fourth-order valence-corrected chi connectivity index (χ4v) is 7.26. The quantitative estimate of drug-likeness (QED) is 0.224. The third-order valence-electron chi connectivity index (χ3n) is 5.73. The molecule has 2 heteroatoms. The second-order valence-corrected chi connectivity index (χ2v) is 13.9. The second-order valence-electron chi connectivity index (χ2n) is 9.72. The lowest BCUT2D eigenvalue weighted by Gasteiger charge is -2.31. The Labute approximate surface area is 189 Å². The summed E-state index contributed by atoms with van der Waals surface area (Å²) in [6.45, 7) is 13.3. The number of nitrogens with zero attached hydrogens (tertiary/aromatic N) is 1. The molecule has 1 atom stereocenters. The molecule has 3 aromatic carbocycles. The van der Waals surface area contributed by atoms with Gasteiger partial charge in [0.2, 0.25) is 0 Å². The maximum atomic E-state index is 4.86. The van der Waals surface area contributed by atoms with E-state index in [0.717, 1.165) is 6.04 Å². The molecule has 31 heavy (non-hydrogen) atoms. The number of aryl methyl sites for hydroxylation is 2. The molecule has 160 valence electrons. The summed E-state index contributed by atoms with van der Waals surface area (Å²) in [5.74, 6) is 0. The summed E-state index contributed by atoms with van der Waals surface area (Å²) in [5.41, 5.74) is 5.08. The van der Waals surface area contributed by atoms with Gasteiger partial charge in [0.1, 0.15) is 8.07 Å². The van der Waals surface area contributed by atoms with E-state index in [1.54, 1.807) is 0 Å². The Bertz CT molecular complexity index is 1040. The van der Waals surface area contributed by atoms with Gasteiger partial charge in [-0.15, -0.1) is 0 Å². The summed E-state index contributed by atoms with van der Waals surface area (Å²) in [7, 11) is -2.10. The van der Waals surface area contributed by atoms with Gasteiger partial charge in [-0.2, -0.15) is 0 Å². The molecule has 0 saturated heterocycles. The van der Waals surface area contributed by atoms with Crippen LogP contribution in [0.4, 0.5) is 0 Å². The van der Waals surface area contributed by atoms with Gasteiger partial charge in [-0.3, -0.25) is 4.99 Å². The van der Waals surface area contributed by atoms with E-state index in [1.165, 1.54) is 32.6 Å². The summed E-state index contributed by atoms with van der Waals surface area (Å²) in [5, 5.41) is 2.89. The van der Waals surface area contributed by atoms with Crippen molar-refractivity contribution < 1.29 is 0 Å². The zero-order chi connectivity index (χ0) is 22.5. The van der Waals surface area contributed by atoms with Gasteiger partial charge in [0.25, 0.3) is 0 Å². The van der Waals surface area contributed by atoms with Gasteiger partial charge in [-0.25, -0.2) is 0 Å². The van der Waals surface area contributed by atoms with Crippen LogP contribution in [0.15, 0.2) is 83.9 Å². The van der Waals surface area contributed by atoms with E-state index in [0.29, 0.717) is 0 Å². The van der Waals surface area contributed by atoms with E-state index in [4.69, 9.17) is 4.99 Å². The van der Waals surface area contributed by atoms with Crippen LogP contribution in [0, 0.1) is 13.8 Å². The van der Waals surface area contributed by atoms with Gasteiger partial charge in [-0.05, 0) is 63.2 Å². The van der Waals surface area contributed by atoms with E-state index in [-0.39, 0.29) is 5.54 Å². The third kappa shape index (κ3) is 6.14. The minimum Gasteiger partial charge on any atom is -0.292 e. The highest BCUT2D eigenvalue weighted by atomic mass is 28.3. The molecule has 0 aromatic heterocycles. The molecule has 0 aliphatic carbocycles. The predicted molar refractivity (Wildman–Crippen MR) is 141 cm³/mol. The molecule has 0 radical (unpaired) electrons. The maximum Gasteiger partial charge on any atom is 0.121 e. The summed E-state index contributed by atoms with van der Waals surface area (Å²) in [6.07, 6.45) is 4.59. The molecule has 1 nitrogen and oxygen atoms in total. The molecular formula is C29H35NSi. The van der Waals surface area contributed by atoms with Crippen LogP contribution in [0.5, 0.6) is 0 Å². The number of benzene rings is 3. The molecule has 0 aliphatic heterocycles. The minimum absolute atomic E-state index is 0.0588. The Morgan fingerprint density at radius 3 is 1.90 bits per heavy atom. The maximum absolute atomic E-state index is 4.86. The van der Waals surface area contributed by atoms with Crippen LogP contribution < -0.4 is 5.19 Å². The third-order valence-corrected chi connectivity index (χ3v) is 9.96. The molecule has 0 saturated carbocycles. The van der Waals surface area contributed by atoms with Crippen molar-refractivity contribution >= 4 is 30.7 Å². The normalized spacial score (nSPS) is 14.6. The summed E-state index contributed by atoms with van der Waals surface area (Å²) in [6, 6.07) is 29.9. The van der Waals surface area contributed by atoms with Crippen molar-refractivity contribution in [2.45, 2.75) is 52.7 Å². The van der Waals surface area contributed by atoms with Crippen LogP contribution in [-0.2, 0) is 0 Å². The lowest BCUT2D eigenvalue weighted by molar-refractivity contribution is 0.586. The molecule has 0 N–H and O–H groups in total. The van der Waals surface area contributed by atoms with Crippen LogP contribution in [0.25, 0.3) is 11.3 Å². The summed E-state index contributed by atoms with van der Waals surface area (Å²) in [4.78, 5) is 4.86. The van der Waals surface area contributed by atoms with Gasteiger partial charge >= 0.3 is 0 Å². The number of hydrogen-bond acceptors (Lipinski definition) is 1. The highest BCUT2D eigenvalue weighted by Gasteiger charge is 2.34. The first-order valence-electron chi connectivity index (χ1n) is 11.1. The molecule has 0 fully saturated rings. The first-order chi connectivity index (χ1) is 14.7. The average molecular weight is 426 g/mol. The molecule has 1 unspecified atom stereocenters. The van der Waals surface area contributed by atoms with E-state index in [1.807, 2.05) is 0 Å². The lowest BCUT2D eigenvalue weighted by Crippen LogP contribution is -2.46. The standard InChI is InChI=1S/C29H35NSi/c1-23-12-16-25(17-13-23)22-28(26-18-14-24(2)15-19-26)31(6,21-20-30-29(3,4)5)27-10-8-7-9-11-27/h7-20,22H,21H2,1-6H3/b28-22+,30-20?. The van der Waals surface area contributed by atoms with Crippen LogP contribution in [0.2, 0.25) is 12.6 Å². The molecule has 0 spiro atoms. The summed E-state index contributed by atoms with van der Waals surface area (Å²) >= 11 is 0. The molecule has 0 amide bonds. The van der Waals surface area contributed by atoms with E-state index < -0.39 is 8.07 Å². The first-order valence-corrected chi connectivity index (χ1v) is 13.8.